The summed E-state index contributed by atoms with van der Waals surface area (Å²) in [6.45, 7) is 3.85. The van der Waals surface area contributed by atoms with E-state index in [0.29, 0.717) is 0 Å². The zero-order valence-corrected chi connectivity index (χ0v) is 10.7. The summed E-state index contributed by atoms with van der Waals surface area (Å²) in [7, 11) is 3.99. The minimum Gasteiger partial charge on any atom is -0.355 e. The van der Waals surface area contributed by atoms with Gasteiger partial charge in [-0.3, -0.25) is 0 Å². The van der Waals surface area contributed by atoms with E-state index in [2.05, 4.69) is 29.0 Å². The number of hydrogen-bond acceptors (Lipinski definition) is 2. The average Bonchev–Trinajstić information content (AvgIpc) is 2.66. The lowest BCUT2D eigenvalue weighted by atomic mass is 10.0. The van der Waals surface area contributed by atoms with Crippen LogP contribution in [0.25, 0.3) is 10.9 Å². The van der Waals surface area contributed by atoms with Gasteiger partial charge >= 0.3 is 0 Å². The van der Waals surface area contributed by atoms with E-state index < -0.39 is 5.54 Å². The van der Waals surface area contributed by atoms with Crippen LogP contribution in [-0.2, 0) is 7.05 Å². The van der Waals surface area contributed by atoms with Gasteiger partial charge in [-0.2, -0.15) is 5.26 Å². The molecule has 0 aliphatic carbocycles. The molecule has 0 radical (unpaired) electrons. The van der Waals surface area contributed by atoms with Crippen molar-refractivity contribution < 1.29 is 0 Å². The van der Waals surface area contributed by atoms with E-state index in [1.807, 2.05) is 45.0 Å². The molecule has 0 saturated heterocycles. The molecule has 0 bridgehead atoms. The van der Waals surface area contributed by atoms with Gasteiger partial charge in [0, 0.05) is 31.2 Å². The first-order valence-corrected chi connectivity index (χ1v) is 5.66. The lowest BCUT2D eigenvalue weighted by Gasteiger charge is -2.30. The summed E-state index contributed by atoms with van der Waals surface area (Å²) in [5.74, 6) is 0. The van der Waals surface area contributed by atoms with Gasteiger partial charge in [-0.25, -0.2) is 0 Å². The van der Waals surface area contributed by atoms with Gasteiger partial charge < -0.3 is 9.47 Å². The van der Waals surface area contributed by atoms with Crippen molar-refractivity contribution in [2.45, 2.75) is 19.4 Å². The van der Waals surface area contributed by atoms with E-state index in [1.54, 1.807) is 0 Å². The predicted octanol–water partition coefficient (Wildman–Crippen LogP) is 2.92. The summed E-state index contributed by atoms with van der Waals surface area (Å²) in [5.41, 5.74) is 1.77. The number of benzene rings is 1. The summed E-state index contributed by atoms with van der Waals surface area (Å²) in [6, 6.07) is 10.6. The molecule has 0 aliphatic rings. The summed E-state index contributed by atoms with van der Waals surface area (Å²) in [6.07, 6.45) is 2.07. The normalized spacial score (nSPS) is 11.5. The molecule has 0 aliphatic heterocycles. The molecule has 0 atom stereocenters. The van der Waals surface area contributed by atoms with Gasteiger partial charge in [-0.1, -0.05) is 18.2 Å². The molecule has 2 aromatic rings. The maximum Gasteiger partial charge on any atom is 0.121 e. The van der Waals surface area contributed by atoms with E-state index in [4.69, 9.17) is 0 Å². The van der Waals surface area contributed by atoms with Crippen molar-refractivity contribution in [3.63, 3.8) is 0 Å². The highest BCUT2D eigenvalue weighted by molar-refractivity contribution is 5.93. The molecule has 2 rings (SSSR count). The molecule has 1 aromatic heterocycles. The lowest BCUT2D eigenvalue weighted by Crippen LogP contribution is -2.39. The Morgan fingerprint density at radius 2 is 1.94 bits per heavy atom. The van der Waals surface area contributed by atoms with Crippen molar-refractivity contribution >= 4 is 16.6 Å². The average molecular weight is 227 g/mol. The van der Waals surface area contributed by atoms with Crippen LogP contribution in [0.5, 0.6) is 0 Å². The third-order valence-corrected chi connectivity index (χ3v) is 3.35. The molecule has 1 aromatic carbocycles. The fraction of sp³-hybridized carbons (Fsp3) is 0.357. The van der Waals surface area contributed by atoms with Crippen molar-refractivity contribution in [1.29, 1.82) is 5.26 Å². The zero-order chi connectivity index (χ0) is 12.6. The molecular weight excluding hydrogens is 210 g/mol. The highest BCUT2D eigenvalue weighted by Gasteiger charge is 2.25. The molecule has 0 saturated carbocycles. The summed E-state index contributed by atoms with van der Waals surface area (Å²) in [5, 5.41) is 10.4. The molecule has 0 N–H and O–H groups in total. The van der Waals surface area contributed by atoms with Gasteiger partial charge in [0.2, 0.25) is 0 Å². The first-order valence-electron chi connectivity index (χ1n) is 5.66. The Labute approximate surface area is 102 Å². The number of anilines is 1. The quantitative estimate of drug-likeness (QED) is 0.790. The molecular formula is C14H17N3. The fourth-order valence-electron chi connectivity index (χ4n) is 1.96. The van der Waals surface area contributed by atoms with Gasteiger partial charge in [0.25, 0.3) is 0 Å². The Kier molecular flexibility index (Phi) is 2.59. The van der Waals surface area contributed by atoms with E-state index in [1.165, 1.54) is 10.9 Å². The van der Waals surface area contributed by atoms with Crippen LogP contribution < -0.4 is 4.90 Å². The summed E-state index contributed by atoms with van der Waals surface area (Å²) >= 11 is 0. The van der Waals surface area contributed by atoms with Crippen molar-refractivity contribution in [1.82, 2.24) is 4.57 Å². The number of para-hydroxylation sites is 1. The number of aryl methyl sites for hydroxylation is 1. The number of nitriles is 1. The number of nitrogens with zero attached hydrogens (tertiary/aromatic N) is 3. The van der Waals surface area contributed by atoms with E-state index in [9.17, 15) is 5.26 Å². The van der Waals surface area contributed by atoms with Crippen LogP contribution in [0.15, 0.2) is 30.5 Å². The van der Waals surface area contributed by atoms with Crippen molar-refractivity contribution in [2.75, 3.05) is 11.9 Å². The molecule has 0 unspecified atom stereocenters. The second-order valence-electron chi connectivity index (χ2n) is 4.87. The topological polar surface area (TPSA) is 32.0 Å². The van der Waals surface area contributed by atoms with Gasteiger partial charge in [0.1, 0.15) is 5.54 Å². The third kappa shape index (κ3) is 1.76. The smallest absolute Gasteiger partial charge is 0.121 e. The highest BCUT2D eigenvalue weighted by Crippen LogP contribution is 2.31. The molecule has 0 fully saturated rings. The Bertz CT molecular complexity index is 587. The third-order valence-electron chi connectivity index (χ3n) is 3.35. The highest BCUT2D eigenvalue weighted by atomic mass is 15.2. The number of rotatable bonds is 2. The summed E-state index contributed by atoms with van der Waals surface area (Å²) in [4.78, 5) is 2.02. The van der Waals surface area contributed by atoms with Crippen molar-refractivity contribution in [3.05, 3.63) is 30.5 Å². The van der Waals surface area contributed by atoms with Crippen LogP contribution >= 0.6 is 0 Å². The Morgan fingerprint density at radius 1 is 1.29 bits per heavy atom. The number of hydrogen-bond donors (Lipinski definition) is 0. The van der Waals surface area contributed by atoms with Crippen LogP contribution in [0.2, 0.25) is 0 Å². The largest absolute Gasteiger partial charge is 0.355 e. The Hall–Kier alpha value is -1.95. The van der Waals surface area contributed by atoms with Gasteiger partial charge in [0.05, 0.1) is 11.8 Å². The van der Waals surface area contributed by atoms with Crippen molar-refractivity contribution in [2.24, 2.45) is 7.05 Å². The Morgan fingerprint density at radius 3 is 2.59 bits per heavy atom. The molecule has 88 valence electrons. The Balaban J connectivity index is 2.61. The molecule has 0 spiro atoms. The minimum atomic E-state index is -0.510. The standard InChI is InChI=1S/C14H17N3/c1-14(2,10-15)17(4)13-9-16(3)12-8-6-5-7-11(12)13/h5-9H,1-4H3. The van der Waals surface area contributed by atoms with E-state index in [-0.39, 0.29) is 0 Å². The molecule has 17 heavy (non-hydrogen) atoms. The van der Waals surface area contributed by atoms with Crippen LogP contribution in [0.1, 0.15) is 13.8 Å². The molecule has 3 nitrogen and oxygen atoms in total. The van der Waals surface area contributed by atoms with Crippen LogP contribution in [0.4, 0.5) is 5.69 Å². The SMILES string of the molecule is CN(c1cn(C)c2ccccc12)C(C)(C)C#N. The van der Waals surface area contributed by atoms with E-state index >= 15 is 0 Å². The maximum atomic E-state index is 9.21. The van der Waals surface area contributed by atoms with Crippen LogP contribution in [0, 0.1) is 11.3 Å². The monoisotopic (exact) mass is 227 g/mol. The van der Waals surface area contributed by atoms with E-state index in [0.717, 1.165) is 5.69 Å². The summed E-state index contributed by atoms with van der Waals surface area (Å²) < 4.78 is 2.09. The lowest BCUT2D eigenvalue weighted by molar-refractivity contribution is 0.618. The zero-order valence-electron chi connectivity index (χ0n) is 10.7. The minimum absolute atomic E-state index is 0.510. The maximum absolute atomic E-state index is 9.21. The molecule has 0 amide bonds. The second-order valence-corrected chi connectivity index (χ2v) is 4.87. The number of fused-ring (bicyclic) bond motifs is 1. The first-order chi connectivity index (χ1) is 7.97. The van der Waals surface area contributed by atoms with Crippen LogP contribution in [-0.4, -0.2) is 17.2 Å². The van der Waals surface area contributed by atoms with Gasteiger partial charge in [-0.15, -0.1) is 0 Å². The molecule has 3 heteroatoms. The number of aromatic nitrogens is 1. The molecule has 1 heterocycles. The van der Waals surface area contributed by atoms with Gasteiger partial charge in [-0.05, 0) is 19.9 Å². The first kappa shape index (κ1) is 11.5. The van der Waals surface area contributed by atoms with Crippen molar-refractivity contribution in [3.8, 4) is 6.07 Å². The fourth-order valence-corrected chi connectivity index (χ4v) is 1.96. The second kappa shape index (κ2) is 3.81. The van der Waals surface area contributed by atoms with Gasteiger partial charge in [0.15, 0.2) is 0 Å². The van der Waals surface area contributed by atoms with Crippen LogP contribution in [0.3, 0.4) is 0 Å². The predicted molar refractivity (Wildman–Crippen MR) is 71.0 cm³/mol.